The molecule has 0 aliphatic rings. The van der Waals surface area contributed by atoms with Gasteiger partial charge in [-0.15, -0.1) is 0 Å². The van der Waals surface area contributed by atoms with Crippen LogP contribution >= 0.6 is 0 Å². The van der Waals surface area contributed by atoms with Gasteiger partial charge in [-0.2, -0.15) is 4.98 Å². The lowest BCUT2D eigenvalue weighted by molar-refractivity contribution is 0.0954. The zero-order valence-corrected chi connectivity index (χ0v) is 10.4. The molecule has 2 rings (SSSR count). The van der Waals surface area contributed by atoms with Crippen molar-refractivity contribution in [3.63, 3.8) is 0 Å². The molecule has 7 heteroatoms. The second kappa shape index (κ2) is 5.85. The molecular weight excluding hydrogens is 248 g/mol. The van der Waals surface area contributed by atoms with Crippen molar-refractivity contribution in [2.24, 2.45) is 0 Å². The van der Waals surface area contributed by atoms with E-state index in [1.807, 2.05) is 0 Å². The Labute approximate surface area is 109 Å². The van der Waals surface area contributed by atoms with Gasteiger partial charge in [0.25, 0.3) is 5.91 Å². The van der Waals surface area contributed by atoms with Gasteiger partial charge in [-0.1, -0.05) is 5.16 Å². The van der Waals surface area contributed by atoms with Gasteiger partial charge in [0.1, 0.15) is 5.75 Å². The van der Waals surface area contributed by atoms with Gasteiger partial charge < -0.3 is 20.3 Å². The number of nitrogens with one attached hydrogen (secondary N) is 1. The second-order valence-electron chi connectivity index (χ2n) is 3.81. The van der Waals surface area contributed by atoms with Crippen LogP contribution in [0.25, 0.3) is 0 Å². The molecule has 0 bridgehead atoms. The number of nitrogen functional groups attached to an aromatic ring is 1. The average Bonchev–Trinajstić information content (AvgIpc) is 2.91. The van der Waals surface area contributed by atoms with E-state index in [0.717, 1.165) is 0 Å². The Kier molecular flexibility index (Phi) is 3.97. The molecule has 1 aromatic heterocycles. The minimum absolute atomic E-state index is 0.210. The molecule has 0 saturated carbocycles. The smallest absolute Gasteiger partial charge is 0.251 e. The molecule has 3 N–H and O–H groups in total. The number of nitrogens with two attached hydrogens (primary N) is 1. The number of aromatic nitrogens is 2. The van der Waals surface area contributed by atoms with Gasteiger partial charge in [-0.05, 0) is 18.2 Å². The minimum atomic E-state index is -0.210. The van der Waals surface area contributed by atoms with Gasteiger partial charge in [-0.25, -0.2) is 0 Å². The van der Waals surface area contributed by atoms with E-state index in [-0.39, 0.29) is 5.91 Å². The summed E-state index contributed by atoms with van der Waals surface area (Å²) >= 11 is 0. The number of methoxy groups -OCH3 is 1. The summed E-state index contributed by atoms with van der Waals surface area (Å²) < 4.78 is 9.62. The largest absolute Gasteiger partial charge is 0.495 e. The van der Waals surface area contributed by atoms with E-state index in [1.165, 1.54) is 13.5 Å². The van der Waals surface area contributed by atoms with Gasteiger partial charge in [-0.3, -0.25) is 4.79 Å². The highest BCUT2D eigenvalue weighted by Crippen LogP contribution is 2.21. The summed E-state index contributed by atoms with van der Waals surface area (Å²) in [6.07, 6.45) is 1.76. The molecule has 0 fully saturated rings. The first-order valence-electron chi connectivity index (χ1n) is 5.67. The predicted octanol–water partition coefficient (Wildman–Crippen LogP) is 0.633. The molecule has 2 aromatic rings. The summed E-state index contributed by atoms with van der Waals surface area (Å²) in [5.74, 6) is 0.885. The predicted molar refractivity (Wildman–Crippen MR) is 67.7 cm³/mol. The number of benzene rings is 1. The Morgan fingerprint density at radius 2 is 2.37 bits per heavy atom. The van der Waals surface area contributed by atoms with Crippen molar-refractivity contribution in [2.75, 3.05) is 19.4 Å². The molecule has 0 spiro atoms. The minimum Gasteiger partial charge on any atom is -0.495 e. The van der Waals surface area contributed by atoms with Gasteiger partial charge >= 0.3 is 0 Å². The van der Waals surface area contributed by atoms with Crippen LogP contribution in [0.2, 0.25) is 0 Å². The quantitative estimate of drug-likeness (QED) is 0.766. The lowest BCUT2D eigenvalue weighted by Crippen LogP contribution is -2.26. The van der Waals surface area contributed by atoms with Gasteiger partial charge in [0.05, 0.1) is 12.8 Å². The van der Waals surface area contributed by atoms with Crippen molar-refractivity contribution in [3.8, 4) is 5.75 Å². The zero-order chi connectivity index (χ0) is 13.7. The van der Waals surface area contributed by atoms with Gasteiger partial charge in [0.2, 0.25) is 6.39 Å². The highest BCUT2D eigenvalue weighted by atomic mass is 16.5. The molecule has 7 nitrogen and oxygen atoms in total. The van der Waals surface area contributed by atoms with E-state index in [0.29, 0.717) is 35.8 Å². The third-order valence-corrected chi connectivity index (χ3v) is 2.53. The standard InChI is InChI=1S/C12H14N4O3/c1-18-10-3-2-8(6-9(10)13)12(17)14-5-4-11-15-7-19-16-11/h2-3,6-7H,4-5,13H2,1H3,(H,14,17). The first-order valence-corrected chi connectivity index (χ1v) is 5.67. The Morgan fingerprint density at radius 3 is 3.00 bits per heavy atom. The first-order chi connectivity index (χ1) is 9.20. The molecule has 19 heavy (non-hydrogen) atoms. The topological polar surface area (TPSA) is 103 Å². The van der Waals surface area contributed by atoms with Gasteiger partial charge in [0, 0.05) is 18.5 Å². The van der Waals surface area contributed by atoms with E-state index < -0.39 is 0 Å². The van der Waals surface area contributed by atoms with Crippen LogP contribution in [-0.4, -0.2) is 29.7 Å². The van der Waals surface area contributed by atoms with Crippen LogP contribution in [0.5, 0.6) is 5.75 Å². The average molecular weight is 262 g/mol. The maximum Gasteiger partial charge on any atom is 0.251 e. The van der Waals surface area contributed by atoms with E-state index in [4.69, 9.17) is 10.5 Å². The van der Waals surface area contributed by atoms with Crippen LogP contribution in [-0.2, 0) is 6.42 Å². The van der Waals surface area contributed by atoms with Crippen molar-refractivity contribution in [2.45, 2.75) is 6.42 Å². The first kappa shape index (κ1) is 12.9. The Balaban J connectivity index is 1.91. The Hall–Kier alpha value is -2.57. The van der Waals surface area contributed by atoms with Crippen LogP contribution in [0.15, 0.2) is 29.1 Å². The molecule has 1 aromatic carbocycles. The Bertz CT molecular complexity index is 554. The van der Waals surface area contributed by atoms with Crippen molar-refractivity contribution < 1.29 is 14.1 Å². The third-order valence-electron chi connectivity index (χ3n) is 2.53. The molecule has 0 aliphatic carbocycles. The molecule has 0 unspecified atom stereocenters. The maximum absolute atomic E-state index is 11.9. The molecule has 1 amide bonds. The molecular formula is C12H14N4O3. The molecule has 0 saturated heterocycles. The maximum atomic E-state index is 11.9. The highest BCUT2D eigenvalue weighted by Gasteiger charge is 2.08. The van der Waals surface area contributed by atoms with Crippen LogP contribution in [0.1, 0.15) is 16.2 Å². The fourth-order valence-electron chi connectivity index (χ4n) is 1.57. The van der Waals surface area contributed by atoms with Crippen molar-refractivity contribution in [1.82, 2.24) is 15.5 Å². The third kappa shape index (κ3) is 3.21. The number of hydrogen-bond donors (Lipinski definition) is 2. The molecule has 1 heterocycles. The normalized spacial score (nSPS) is 10.2. The van der Waals surface area contributed by atoms with E-state index in [1.54, 1.807) is 18.2 Å². The number of rotatable bonds is 5. The fraction of sp³-hybridized carbons (Fsp3) is 0.250. The number of anilines is 1. The number of ether oxygens (including phenoxy) is 1. The van der Waals surface area contributed by atoms with Crippen molar-refractivity contribution in [3.05, 3.63) is 36.0 Å². The monoisotopic (exact) mass is 262 g/mol. The van der Waals surface area contributed by atoms with Crippen LogP contribution in [0, 0.1) is 0 Å². The van der Waals surface area contributed by atoms with Crippen LogP contribution < -0.4 is 15.8 Å². The summed E-state index contributed by atoms with van der Waals surface area (Å²) in [7, 11) is 1.52. The van der Waals surface area contributed by atoms with Gasteiger partial charge in [0.15, 0.2) is 5.82 Å². The summed E-state index contributed by atoms with van der Waals surface area (Å²) in [6, 6.07) is 4.88. The van der Waals surface area contributed by atoms with Crippen molar-refractivity contribution in [1.29, 1.82) is 0 Å². The van der Waals surface area contributed by atoms with Crippen LogP contribution in [0.4, 0.5) is 5.69 Å². The molecule has 0 atom stereocenters. The summed E-state index contributed by atoms with van der Waals surface area (Å²) in [5.41, 5.74) is 6.64. The van der Waals surface area contributed by atoms with E-state index in [2.05, 4.69) is 20.0 Å². The van der Waals surface area contributed by atoms with E-state index >= 15 is 0 Å². The second-order valence-corrected chi connectivity index (χ2v) is 3.81. The molecule has 0 radical (unpaired) electrons. The fourth-order valence-corrected chi connectivity index (χ4v) is 1.57. The lowest BCUT2D eigenvalue weighted by Gasteiger charge is -2.07. The number of nitrogens with zero attached hydrogens (tertiary/aromatic N) is 2. The number of carbonyl (C=O) groups is 1. The van der Waals surface area contributed by atoms with Crippen molar-refractivity contribution >= 4 is 11.6 Å². The van der Waals surface area contributed by atoms with E-state index in [9.17, 15) is 4.79 Å². The summed E-state index contributed by atoms with van der Waals surface area (Å²) in [6.45, 7) is 0.421. The highest BCUT2D eigenvalue weighted by molar-refractivity contribution is 5.95. The molecule has 0 aliphatic heterocycles. The van der Waals surface area contributed by atoms with Crippen LogP contribution in [0.3, 0.4) is 0 Å². The summed E-state index contributed by atoms with van der Waals surface area (Å²) in [4.78, 5) is 15.7. The molecule has 100 valence electrons. The number of hydrogen-bond acceptors (Lipinski definition) is 6. The number of amides is 1. The summed E-state index contributed by atoms with van der Waals surface area (Å²) in [5, 5.41) is 6.39. The zero-order valence-electron chi connectivity index (χ0n) is 10.4. The SMILES string of the molecule is COc1ccc(C(=O)NCCc2ncon2)cc1N. The number of carbonyl (C=O) groups excluding carboxylic acids is 1. The Morgan fingerprint density at radius 1 is 1.53 bits per heavy atom. The lowest BCUT2D eigenvalue weighted by atomic mass is 10.1.